The van der Waals surface area contributed by atoms with Gasteiger partial charge in [-0.15, -0.1) is 0 Å². The molecule has 0 spiro atoms. The Bertz CT molecular complexity index is 1240. The van der Waals surface area contributed by atoms with Crippen molar-refractivity contribution in [2.24, 2.45) is 5.16 Å². The van der Waals surface area contributed by atoms with Gasteiger partial charge in [0.1, 0.15) is 22.6 Å². The Morgan fingerprint density at radius 3 is 2.60 bits per heavy atom. The number of amides is 1. The number of piperidine rings is 1. The fourth-order valence-corrected chi connectivity index (χ4v) is 4.22. The zero-order valence-electron chi connectivity index (χ0n) is 19.3. The van der Waals surface area contributed by atoms with Crippen molar-refractivity contribution in [3.8, 4) is 5.75 Å². The van der Waals surface area contributed by atoms with Crippen LogP contribution in [0.15, 0.2) is 47.9 Å². The number of halogens is 3. The van der Waals surface area contributed by atoms with Crippen LogP contribution in [0.25, 0.3) is 0 Å². The summed E-state index contributed by atoms with van der Waals surface area (Å²) in [6.07, 6.45) is 4.26. The second-order valence-corrected chi connectivity index (χ2v) is 8.72. The van der Waals surface area contributed by atoms with Crippen LogP contribution >= 0.6 is 11.6 Å². The molecule has 1 saturated heterocycles. The Labute approximate surface area is 206 Å². The van der Waals surface area contributed by atoms with E-state index in [-0.39, 0.29) is 23.8 Å². The minimum absolute atomic E-state index is 0.0708. The Morgan fingerprint density at radius 2 is 1.91 bits per heavy atom. The Kier molecular flexibility index (Phi) is 7.65. The van der Waals surface area contributed by atoms with Gasteiger partial charge in [0, 0.05) is 54.7 Å². The molecule has 1 aromatic carbocycles. The monoisotopic (exact) mass is 499 g/mol. The number of aromatic nitrogens is 3. The molecule has 0 radical (unpaired) electrons. The molecular formula is C25H24ClF2N5O2. The van der Waals surface area contributed by atoms with Crippen molar-refractivity contribution < 1.29 is 18.4 Å². The van der Waals surface area contributed by atoms with Crippen molar-refractivity contribution >= 4 is 23.2 Å². The van der Waals surface area contributed by atoms with Crippen LogP contribution in [0, 0.1) is 18.6 Å². The van der Waals surface area contributed by atoms with E-state index in [0.29, 0.717) is 48.4 Å². The number of benzene rings is 1. The first-order valence-electron chi connectivity index (χ1n) is 11.2. The van der Waals surface area contributed by atoms with E-state index in [4.69, 9.17) is 16.4 Å². The summed E-state index contributed by atoms with van der Waals surface area (Å²) in [5, 5.41) is 4.51. The molecule has 0 unspecified atom stereocenters. The van der Waals surface area contributed by atoms with E-state index in [0.717, 1.165) is 23.4 Å². The standard InChI is InChI=1S/C25H24ClF2N5O2/c1-15(32-35-18-6-9-29-23(26)12-18)20-14-30-16(2)31-25(20)17-7-10-33(11-8-17)24(34)13-19-21(27)4-3-5-22(19)28/h3-6,9,12,14,17H,7-8,10-11,13H2,1-2H3/b32-15-. The maximum absolute atomic E-state index is 14.0. The molecule has 7 nitrogen and oxygen atoms in total. The largest absolute Gasteiger partial charge is 0.357 e. The predicted molar refractivity (Wildman–Crippen MR) is 127 cm³/mol. The molecule has 1 fully saturated rings. The lowest BCUT2D eigenvalue weighted by molar-refractivity contribution is -0.131. The van der Waals surface area contributed by atoms with Gasteiger partial charge in [0.25, 0.3) is 0 Å². The molecule has 0 saturated carbocycles. The van der Waals surface area contributed by atoms with Crippen LogP contribution in [0.1, 0.15) is 48.3 Å². The topological polar surface area (TPSA) is 80.6 Å². The van der Waals surface area contributed by atoms with E-state index >= 15 is 0 Å². The first-order chi connectivity index (χ1) is 16.8. The maximum Gasteiger partial charge on any atom is 0.227 e. The van der Waals surface area contributed by atoms with Gasteiger partial charge in [0.15, 0.2) is 5.75 Å². The number of rotatable bonds is 6. The highest BCUT2D eigenvalue weighted by molar-refractivity contribution is 6.29. The number of carbonyl (C=O) groups is 1. The van der Waals surface area contributed by atoms with E-state index < -0.39 is 11.6 Å². The zero-order chi connectivity index (χ0) is 24.9. The van der Waals surface area contributed by atoms with Gasteiger partial charge < -0.3 is 9.74 Å². The number of nitrogens with zero attached hydrogens (tertiary/aromatic N) is 5. The van der Waals surface area contributed by atoms with Crippen LogP contribution < -0.4 is 4.84 Å². The lowest BCUT2D eigenvalue weighted by Gasteiger charge is -2.32. The molecule has 35 heavy (non-hydrogen) atoms. The first kappa shape index (κ1) is 24.7. The van der Waals surface area contributed by atoms with E-state index in [1.54, 1.807) is 23.2 Å². The SMILES string of the molecule is C/C(=N/Oc1ccnc(Cl)c1)c1cnc(C)nc1C1CCN(C(=O)Cc2c(F)cccc2F)CC1. The Hall–Kier alpha value is -3.46. The highest BCUT2D eigenvalue weighted by Crippen LogP contribution is 2.30. The highest BCUT2D eigenvalue weighted by atomic mass is 35.5. The summed E-state index contributed by atoms with van der Waals surface area (Å²) < 4.78 is 27.9. The highest BCUT2D eigenvalue weighted by Gasteiger charge is 2.28. The maximum atomic E-state index is 14.0. The molecular weight excluding hydrogens is 476 g/mol. The van der Waals surface area contributed by atoms with Crippen LogP contribution in [0.4, 0.5) is 8.78 Å². The fraction of sp³-hybridized carbons (Fsp3) is 0.320. The molecule has 0 atom stereocenters. The van der Waals surface area contributed by atoms with Crippen molar-refractivity contribution in [2.45, 2.75) is 39.0 Å². The lowest BCUT2D eigenvalue weighted by atomic mass is 9.89. The average molecular weight is 500 g/mol. The van der Waals surface area contributed by atoms with E-state index in [1.165, 1.54) is 12.3 Å². The van der Waals surface area contributed by atoms with Gasteiger partial charge >= 0.3 is 0 Å². The zero-order valence-corrected chi connectivity index (χ0v) is 20.1. The molecule has 182 valence electrons. The number of hydrogen-bond acceptors (Lipinski definition) is 6. The second-order valence-electron chi connectivity index (χ2n) is 8.33. The molecule has 2 aromatic heterocycles. The number of hydrogen-bond donors (Lipinski definition) is 0. The van der Waals surface area contributed by atoms with E-state index in [2.05, 4.69) is 20.1 Å². The number of oxime groups is 1. The van der Waals surface area contributed by atoms with Gasteiger partial charge in [-0.2, -0.15) is 0 Å². The molecule has 4 rings (SSSR count). The molecule has 1 amide bonds. The van der Waals surface area contributed by atoms with Gasteiger partial charge in [-0.1, -0.05) is 22.8 Å². The third kappa shape index (κ3) is 5.97. The summed E-state index contributed by atoms with van der Waals surface area (Å²) in [7, 11) is 0. The molecule has 1 aliphatic heterocycles. The van der Waals surface area contributed by atoms with E-state index in [9.17, 15) is 13.6 Å². The quantitative estimate of drug-likeness (QED) is 0.275. The van der Waals surface area contributed by atoms with Gasteiger partial charge in [-0.25, -0.2) is 23.7 Å². The summed E-state index contributed by atoms with van der Waals surface area (Å²) in [4.78, 5) is 32.7. The van der Waals surface area contributed by atoms with Gasteiger partial charge in [-0.05, 0) is 38.8 Å². The number of likely N-dealkylation sites (tertiary alicyclic amines) is 1. The van der Waals surface area contributed by atoms with Crippen LogP contribution in [-0.4, -0.2) is 44.6 Å². The number of pyridine rings is 1. The molecule has 10 heteroatoms. The summed E-state index contributed by atoms with van der Waals surface area (Å²) in [6.45, 7) is 4.55. The normalized spacial score (nSPS) is 14.8. The molecule has 0 bridgehead atoms. The summed E-state index contributed by atoms with van der Waals surface area (Å²) in [6, 6.07) is 6.81. The van der Waals surface area contributed by atoms with Crippen LogP contribution in [-0.2, 0) is 11.2 Å². The lowest BCUT2D eigenvalue weighted by Crippen LogP contribution is -2.39. The fourth-order valence-electron chi connectivity index (χ4n) is 4.06. The predicted octanol–water partition coefficient (Wildman–Crippen LogP) is 4.86. The van der Waals surface area contributed by atoms with E-state index in [1.807, 2.05) is 13.8 Å². The third-order valence-corrected chi connectivity index (χ3v) is 6.15. The van der Waals surface area contributed by atoms with Gasteiger partial charge in [-0.3, -0.25) is 4.79 Å². The summed E-state index contributed by atoms with van der Waals surface area (Å²) in [5.41, 5.74) is 1.99. The Balaban J connectivity index is 1.45. The minimum Gasteiger partial charge on any atom is -0.357 e. The van der Waals surface area contributed by atoms with Crippen molar-refractivity contribution in [3.05, 3.63) is 82.2 Å². The van der Waals surface area contributed by atoms with Crippen LogP contribution in [0.2, 0.25) is 5.15 Å². The summed E-state index contributed by atoms with van der Waals surface area (Å²) >= 11 is 5.89. The van der Waals surface area contributed by atoms with Crippen molar-refractivity contribution in [1.82, 2.24) is 19.9 Å². The molecule has 3 aromatic rings. The first-order valence-corrected chi connectivity index (χ1v) is 11.6. The number of carbonyl (C=O) groups excluding carboxylic acids is 1. The van der Waals surface area contributed by atoms with Gasteiger partial charge in [0.05, 0.1) is 17.8 Å². The number of aryl methyl sites for hydroxylation is 1. The smallest absolute Gasteiger partial charge is 0.227 e. The summed E-state index contributed by atoms with van der Waals surface area (Å²) in [5.74, 6) is -0.556. The molecule has 0 N–H and O–H groups in total. The molecule has 3 heterocycles. The van der Waals surface area contributed by atoms with Crippen molar-refractivity contribution in [3.63, 3.8) is 0 Å². The third-order valence-electron chi connectivity index (χ3n) is 5.94. The molecule has 1 aliphatic rings. The molecule has 0 aliphatic carbocycles. The van der Waals surface area contributed by atoms with Crippen molar-refractivity contribution in [1.29, 1.82) is 0 Å². The minimum atomic E-state index is -0.708. The van der Waals surface area contributed by atoms with Gasteiger partial charge in [0.2, 0.25) is 5.91 Å². The van der Waals surface area contributed by atoms with Crippen molar-refractivity contribution in [2.75, 3.05) is 13.1 Å². The van der Waals surface area contributed by atoms with Crippen LogP contribution in [0.3, 0.4) is 0 Å². The Morgan fingerprint density at radius 1 is 1.20 bits per heavy atom. The second kappa shape index (κ2) is 10.9. The van der Waals surface area contributed by atoms with Crippen LogP contribution in [0.5, 0.6) is 5.75 Å². The average Bonchev–Trinajstić information content (AvgIpc) is 2.85.